The van der Waals surface area contributed by atoms with Crippen LogP contribution in [0.5, 0.6) is 0 Å². The van der Waals surface area contributed by atoms with E-state index in [1.54, 1.807) is 19.2 Å². The van der Waals surface area contributed by atoms with Crippen molar-refractivity contribution in [3.63, 3.8) is 0 Å². The Morgan fingerprint density at radius 2 is 1.96 bits per heavy atom. The highest BCUT2D eigenvalue weighted by Gasteiger charge is 2.22. The lowest BCUT2D eigenvalue weighted by molar-refractivity contribution is -0.138. The summed E-state index contributed by atoms with van der Waals surface area (Å²) in [6.45, 7) is 8.30. The molecule has 1 aliphatic rings. The van der Waals surface area contributed by atoms with Crippen LogP contribution in [0.15, 0.2) is 48.2 Å². The Morgan fingerprint density at radius 3 is 2.68 bits per heavy atom. The number of hydrogen-bond acceptors (Lipinski definition) is 5. The van der Waals surface area contributed by atoms with Gasteiger partial charge in [0, 0.05) is 29.4 Å². The molecular weight excluding hydrogens is 356 g/mol. The van der Waals surface area contributed by atoms with E-state index in [1.807, 2.05) is 51.1 Å². The maximum absolute atomic E-state index is 12.7. The van der Waals surface area contributed by atoms with Crippen LogP contribution >= 0.6 is 0 Å². The molecule has 0 saturated carbocycles. The molecule has 1 aliphatic heterocycles. The van der Waals surface area contributed by atoms with Crippen molar-refractivity contribution in [3.05, 3.63) is 53.8 Å². The van der Waals surface area contributed by atoms with Crippen LogP contribution in [0.2, 0.25) is 0 Å². The van der Waals surface area contributed by atoms with Gasteiger partial charge in [-0.15, -0.1) is 0 Å². The monoisotopic (exact) mass is 382 g/mol. The molecule has 0 bridgehead atoms. The molecule has 1 N–H and O–H groups in total. The van der Waals surface area contributed by atoms with Crippen LogP contribution in [0.25, 0.3) is 16.6 Å². The highest BCUT2D eigenvalue weighted by Crippen LogP contribution is 2.29. The Hall–Kier alpha value is -3.02. The number of aromatic nitrogens is 1. The van der Waals surface area contributed by atoms with Gasteiger partial charge < -0.3 is 14.8 Å². The standard InChI is InChI=1S/C22H26N2O4/c1-5-27-20(25)15-9-8-12-23-18(13-15)17-14-24(21(26)28-22(2,3)4)19-11-7-6-10-16(17)19/h6-7,9-11,13-14,23H,5,8,12H2,1-4H3. The van der Waals surface area contributed by atoms with E-state index in [0.29, 0.717) is 25.1 Å². The third kappa shape index (κ3) is 4.27. The second-order valence-electron chi connectivity index (χ2n) is 7.56. The summed E-state index contributed by atoms with van der Waals surface area (Å²) in [7, 11) is 0. The summed E-state index contributed by atoms with van der Waals surface area (Å²) in [5, 5.41) is 4.25. The second-order valence-corrected chi connectivity index (χ2v) is 7.56. The van der Waals surface area contributed by atoms with E-state index in [1.165, 1.54) is 4.57 Å². The van der Waals surface area contributed by atoms with Crippen molar-refractivity contribution in [2.75, 3.05) is 13.2 Å². The first kappa shape index (κ1) is 19.7. The summed E-state index contributed by atoms with van der Waals surface area (Å²) >= 11 is 0. The highest BCUT2D eigenvalue weighted by molar-refractivity contribution is 6.00. The van der Waals surface area contributed by atoms with Gasteiger partial charge in [0.2, 0.25) is 0 Å². The maximum Gasteiger partial charge on any atom is 0.419 e. The third-order valence-corrected chi connectivity index (χ3v) is 4.23. The van der Waals surface area contributed by atoms with E-state index in [2.05, 4.69) is 5.32 Å². The number of ether oxygens (including phenoxy) is 2. The molecule has 0 amide bonds. The van der Waals surface area contributed by atoms with Gasteiger partial charge in [0.05, 0.1) is 17.7 Å². The summed E-state index contributed by atoms with van der Waals surface area (Å²) < 4.78 is 12.2. The van der Waals surface area contributed by atoms with Crippen LogP contribution in [0.1, 0.15) is 39.7 Å². The molecule has 2 aromatic rings. The van der Waals surface area contributed by atoms with Crippen molar-refractivity contribution in [3.8, 4) is 0 Å². The lowest BCUT2D eigenvalue weighted by Crippen LogP contribution is -2.26. The van der Waals surface area contributed by atoms with Gasteiger partial charge in [-0.25, -0.2) is 9.59 Å². The predicted octanol–water partition coefficient (Wildman–Crippen LogP) is 4.25. The largest absolute Gasteiger partial charge is 0.462 e. The van der Waals surface area contributed by atoms with Gasteiger partial charge in [-0.1, -0.05) is 24.3 Å². The first-order chi connectivity index (χ1) is 13.3. The Labute approximate surface area is 164 Å². The number of fused-ring (bicyclic) bond motifs is 1. The highest BCUT2D eigenvalue weighted by atomic mass is 16.6. The zero-order chi connectivity index (χ0) is 20.3. The first-order valence-electron chi connectivity index (χ1n) is 9.47. The molecule has 0 spiro atoms. The summed E-state index contributed by atoms with van der Waals surface area (Å²) in [4.78, 5) is 24.9. The predicted molar refractivity (Wildman–Crippen MR) is 109 cm³/mol. The zero-order valence-corrected chi connectivity index (χ0v) is 16.7. The van der Waals surface area contributed by atoms with Crippen LogP contribution < -0.4 is 5.32 Å². The quantitative estimate of drug-likeness (QED) is 0.804. The molecule has 2 heterocycles. The van der Waals surface area contributed by atoms with E-state index in [9.17, 15) is 9.59 Å². The molecule has 0 unspecified atom stereocenters. The average molecular weight is 382 g/mol. The van der Waals surface area contributed by atoms with Crippen LogP contribution in [-0.4, -0.2) is 35.4 Å². The number of hydrogen-bond donors (Lipinski definition) is 1. The minimum atomic E-state index is -0.595. The molecule has 0 aliphatic carbocycles. The van der Waals surface area contributed by atoms with Crippen molar-refractivity contribution < 1.29 is 19.1 Å². The fourth-order valence-electron chi connectivity index (χ4n) is 3.09. The van der Waals surface area contributed by atoms with Gasteiger partial charge in [-0.2, -0.15) is 0 Å². The Morgan fingerprint density at radius 1 is 1.21 bits per heavy atom. The topological polar surface area (TPSA) is 69.6 Å². The molecule has 148 valence electrons. The average Bonchev–Trinajstić information content (AvgIpc) is 2.84. The minimum Gasteiger partial charge on any atom is -0.462 e. The Bertz CT molecular complexity index is 961. The van der Waals surface area contributed by atoms with Crippen molar-refractivity contribution in [1.82, 2.24) is 9.88 Å². The van der Waals surface area contributed by atoms with Gasteiger partial charge in [0.15, 0.2) is 0 Å². The number of nitrogens with one attached hydrogen (secondary N) is 1. The van der Waals surface area contributed by atoms with Gasteiger partial charge in [-0.3, -0.25) is 4.57 Å². The Kier molecular flexibility index (Phi) is 5.58. The SMILES string of the molecule is CCOC(=O)C1=CCCNC(c2cn(C(=O)OC(C)(C)C)c3ccccc23)=C1. The molecule has 1 aromatic heterocycles. The van der Waals surface area contributed by atoms with Crippen LogP contribution in [0.4, 0.5) is 4.79 Å². The van der Waals surface area contributed by atoms with Gasteiger partial charge in [-0.05, 0) is 46.3 Å². The van der Waals surface area contributed by atoms with Crippen LogP contribution in [0.3, 0.4) is 0 Å². The molecule has 0 saturated heterocycles. The lowest BCUT2D eigenvalue weighted by atomic mass is 10.1. The van der Waals surface area contributed by atoms with Crippen molar-refractivity contribution in [1.29, 1.82) is 0 Å². The lowest BCUT2D eigenvalue weighted by Gasteiger charge is -2.19. The normalized spacial score (nSPS) is 14.6. The number of carbonyl (C=O) groups excluding carboxylic acids is 2. The molecule has 28 heavy (non-hydrogen) atoms. The number of esters is 1. The summed E-state index contributed by atoms with van der Waals surface area (Å²) in [5.74, 6) is -0.348. The number of para-hydroxylation sites is 1. The number of benzene rings is 1. The van der Waals surface area contributed by atoms with Crippen molar-refractivity contribution in [2.24, 2.45) is 0 Å². The molecule has 1 aromatic carbocycles. The fourth-order valence-corrected chi connectivity index (χ4v) is 3.09. The number of nitrogens with zero attached hydrogens (tertiary/aromatic N) is 1. The van der Waals surface area contributed by atoms with E-state index >= 15 is 0 Å². The smallest absolute Gasteiger partial charge is 0.419 e. The molecule has 0 radical (unpaired) electrons. The van der Waals surface area contributed by atoms with Gasteiger partial charge >= 0.3 is 12.1 Å². The minimum absolute atomic E-state index is 0.324. The number of carbonyl (C=O) groups is 2. The van der Waals surface area contributed by atoms with Crippen molar-refractivity contribution in [2.45, 2.75) is 39.7 Å². The fraction of sp³-hybridized carbons (Fsp3) is 0.364. The van der Waals surface area contributed by atoms with Gasteiger partial charge in [0.1, 0.15) is 5.60 Å². The van der Waals surface area contributed by atoms with E-state index in [0.717, 1.165) is 22.2 Å². The van der Waals surface area contributed by atoms with Crippen molar-refractivity contribution >= 4 is 28.7 Å². The van der Waals surface area contributed by atoms with E-state index in [4.69, 9.17) is 9.47 Å². The molecule has 6 heteroatoms. The van der Waals surface area contributed by atoms with E-state index < -0.39 is 11.7 Å². The third-order valence-electron chi connectivity index (χ3n) is 4.23. The first-order valence-corrected chi connectivity index (χ1v) is 9.47. The molecule has 6 nitrogen and oxygen atoms in total. The van der Waals surface area contributed by atoms with Crippen LogP contribution in [-0.2, 0) is 14.3 Å². The van der Waals surface area contributed by atoms with Gasteiger partial charge in [0.25, 0.3) is 0 Å². The summed E-state index contributed by atoms with van der Waals surface area (Å²) in [6.07, 6.45) is 5.67. The Balaban J connectivity index is 2.07. The zero-order valence-electron chi connectivity index (χ0n) is 16.7. The number of rotatable bonds is 3. The summed E-state index contributed by atoms with van der Waals surface area (Å²) in [6, 6.07) is 7.63. The summed E-state index contributed by atoms with van der Waals surface area (Å²) in [5.41, 5.74) is 2.27. The molecule has 3 rings (SSSR count). The molecular formula is C22H26N2O4. The molecule has 0 fully saturated rings. The second kappa shape index (κ2) is 7.92. The van der Waals surface area contributed by atoms with E-state index in [-0.39, 0.29) is 5.97 Å². The van der Waals surface area contributed by atoms with Crippen LogP contribution in [0, 0.1) is 0 Å². The maximum atomic E-state index is 12.7. The molecule has 0 atom stereocenters.